The molecule has 0 saturated carbocycles. The molecule has 1 atom stereocenters. The van der Waals surface area contributed by atoms with Crippen LogP contribution in [0.2, 0.25) is 0 Å². The van der Waals surface area contributed by atoms with Crippen LogP contribution in [-0.4, -0.2) is 45.3 Å². The topological polar surface area (TPSA) is 114 Å². The number of nitrogens with one attached hydrogen (secondary N) is 3. The molecule has 0 fully saturated rings. The van der Waals surface area contributed by atoms with Crippen molar-refractivity contribution in [1.29, 1.82) is 5.26 Å². The fraction of sp³-hybridized carbons (Fsp3) is 0.381. The number of anilines is 1. The Labute approximate surface area is 167 Å². The minimum atomic E-state index is -1.61. The van der Waals surface area contributed by atoms with Crippen LogP contribution in [0.3, 0.4) is 0 Å². The SMILES string of the molecule is CC(C)Nc1c(C(=O)NCC(F)C(C)(C)O)cnc2c1[nH]c1cc(C#N)ccc12. The van der Waals surface area contributed by atoms with Crippen LogP contribution in [0, 0.1) is 11.3 Å². The normalized spacial score (nSPS) is 12.9. The molecule has 1 aromatic carbocycles. The smallest absolute Gasteiger partial charge is 0.255 e. The fourth-order valence-corrected chi connectivity index (χ4v) is 3.03. The number of carbonyl (C=O) groups excluding carboxylic acids is 1. The molecule has 0 aliphatic heterocycles. The zero-order valence-corrected chi connectivity index (χ0v) is 16.8. The molecule has 1 unspecified atom stereocenters. The van der Waals surface area contributed by atoms with Gasteiger partial charge in [-0.05, 0) is 45.9 Å². The first-order valence-electron chi connectivity index (χ1n) is 9.37. The van der Waals surface area contributed by atoms with E-state index in [2.05, 4.69) is 26.7 Å². The van der Waals surface area contributed by atoms with Crippen LogP contribution >= 0.6 is 0 Å². The lowest BCUT2D eigenvalue weighted by Gasteiger charge is -2.23. The van der Waals surface area contributed by atoms with Gasteiger partial charge in [0.25, 0.3) is 5.91 Å². The van der Waals surface area contributed by atoms with E-state index in [4.69, 9.17) is 5.26 Å². The van der Waals surface area contributed by atoms with Crippen molar-refractivity contribution in [2.75, 3.05) is 11.9 Å². The van der Waals surface area contributed by atoms with Crippen molar-refractivity contribution >= 4 is 33.5 Å². The number of rotatable bonds is 6. The molecule has 0 aliphatic rings. The zero-order chi connectivity index (χ0) is 21.3. The lowest BCUT2D eigenvalue weighted by Crippen LogP contribution is -2.42. The molecule has 3 rings (SSSR count). The average molecular weight is 397 g/mol. The second-order valence-corrected chi connectivity index (χ2v) is 7.90. The maximum absolute atomic E-state index is 14.0. The largest absolute Gasteiger partial charge is 0.387 e. The number of fused-ring (bicyclic) bond motifs is 3. The van der Waals surface area contributed by atoms with Crippen molar-refractivity contribution in [1.82, 2.24) is 15.3 Å². The summed E-state index contributed by atoms with van der Waals surface area (Å²) in [6.45, 7) is 6.26. The fourth-order valence-electron chi connectivity index (χ4n) is 3.03. The third-order valence-corrected chi connectivity index (χ3v) is 4.63. The molecule has 7 nitrogen and oxygen atoms in total. The first-order valence-corrected chi connectivity index (χ1v) is 9.37. The van der Waals surface area contributed by atoms with Crippen molar-refractivity contribution < 1.29 is 14.3 Å². The van der Waals surface area contributed by atoms with Gasteiger partial charge in [-0.25, -0.2) is 4.39 Å². The predicted octanol–water partition coefficient (Wildman–Crippen LogP) is 3.25. The van der Waals surface area contributed by atoms with Crippen molar-refractivity contribution in [3.63, 3.8) is 0 Å². The van der Waals surface area contributed by atoms with Gasteiger partial charge in [-0.1, -0.05) is 0 Å². The monoisotopic (exact) mass is 397 g/mol. The molecule has 29 heavy (non-hydrogen) atoms. The highest BCUT2D eigenvalue weighted by molar-refractivity contribution is 6.13. The summed E-state index contributed by atoms with van der Waals surface area (Å²) in [5.74, 6) is -0.495. The summed E-state index contributed by atoms with van der Waals surface area (Å²) < 4.78 is 14.0. The van der Waals surface area contributed by atoms with Gasteiger partial charge < -0.3 is 20.7 Å². The highest BCUT2D eigenvalue weighted by Gasteiger charge is 2.27. The lowest BCUT2D eigenvalue weighted by atomic mass is 10.0. The minimum Gasteiger partial charge on any atom is -0.387 e. The van der Waals surface area contributed by atoms with Gasteiger partial charge >= 0.3 is 0 Å². The summed E-state index contributed by atoms with van der Waals surface area (Å²) in [6, 6.07) is 7.39. The van der Waals surface area contributed by atoms with E-state index in [-0.39, 0.29) is 18.2 Å². The molecule has 2 heterocycles. The van der Waals surface area contributed by atoms with Crippen LogP contribution in [0.1, 0.15) is 43.6 Å². The Morgan fingerprint density at radius 3 is 2.76 bits per heavy atom. The number of hydrogen-bond donors (Lipinski definition) is 4. The summed E-state index contributed by atoms with van der Waals surface area (Å²) >= 11 is 0. The van der Waals surface area contributed by atoms with Crippen LogP contribution < -0.4 is 10.6 Å². The predicted molar refractivity (Wildman–Crippen MR) is 111 cm³/mol. The van der Waals surface area contributed by atoms with Crippen LogP contribution in [0.25, 0.3) is 21.9 Å². The molecular weight excluding hydrogens is 373 g/mol. The molecule has 0 aliphatic carbocycles. The average Bonchev–Trinajstić information content (AvgIpc) is 3.03. The number of carbonyl (C=O) groups is 1. The Balaban J connectivity index is 2.06. The van der Waals surface area contributed by atoms with E-state index in [1.165, 1.54) is 20.0 Å². The van der Waals surface area contributed by atoms with Gasteiger partial charge in [0.2, 0.25) is 0 Å². The first-order chi connectivity index (χ1) is 13.6. The second kappa shape index (κ2) is 7.68. The lowest BCUT2D eigenvalue weighted by molar-refractivity contribution is -0.00177. The Morgan fingerprint density at radius 1 is 1.41 bits per heavy atom. The molecule has 2 aromatic heterocycles. The molecule has 8 heteroatoms. The molecule has 1 amide bonds. The number of alkyl halides is 1. The number of aromatic nitrogens is 2. The van der Waals surface area contributed by atoms with Gasteiger partial charge in [0, 0.05) is 23.1 Å². The van der Waals surface area contributed by atoms with Gasteiger partial charge in [0.1, 0.15) is 6.17 Å². The van der Waals surface area contributed by atoms with Crippen LogP contribution in [0.4, 0.5) is 10.1 Å². The molecule has 0 spiro atoms. The van der Waals surface area contributed by atoms with E-state index in [0.29, 0.717) is 22.3 Å². The second-order valence-electron chi connectivity index (χ2n) is 7.90. The molecule has 0 radical (unpaired) electrons. The first kappa shape index (κ1) is 20.6. The van der Waals surface area contributed by atoms with Crippen LogP contribution in [0.15, 0.2) is 24.4 Å². The van der Waals surface area contributed by atoms with Gasteiger partial charge in [-0.15, -0.1) is 0 Å². The number of halogens is 1. The number of pyridine rings is 1. The Morgan fingerprint density at radius 2 is 2.14 bits per heavy atom. The number of hydrogen-bond acceptors (Lipinski definition) is 5. The Hall–Kier alpha value is -3.18. The summed E-state index contributed by atoms with van der Waals surface area (Å²) in [5.41, 5.74) is 1.82. The third kappa shape index (κ3) is 4.15. The number of nitrogens with zero attached hydrogens (tertiary/aromatic N) is 2. The molecule has 4 N–H and O–H groups in total. The zero-order valence-electron chi connectivity index (χ0n) is 16.8. The molecule has 0 saturated heterocycles. The summed E-state index contributed by atoms with van der Waals surface area (Å²) in [7, 11) is 0. The van der Waals surface area contributed by atoms with E-state index < -0.39 is 17.7 Å². The van der Waals surface area contributed by atoms with E-state index in [0.717, 1.165) is 10.9 Å². The maximum Gasteiger partial charge on any atom is 0.255 e. The van der Waals surface area contributed by atoms with Gasteiger partial charge in [0.05, 0.1) is 46.1 Å². The number of nitriles is 1. The Bertz CT molecular complexity index is 1110. The van der Waals surface area contributed by atoms with Crippen molar-refractivity contribution in [2.45, 2.75) is 45.5 Å². The summed E-state index contributed by atoms with van der Waals surface area (Å²) in [5, 5.41) is 25.5. The maximum atomic E-state index is 14.0. The van der Waals surface area contributed by atoms with Crippen molar-refractivity contribution in [3.8, 4) is 6.07 Å². The standard InChI is InChI=1S/C21H24FN5O2/c1-11(2)26-18-14(20(28)25-10-16(22)21(3,4)29)9-24-17-13-6-5-12(8-23)7-15(13)27-19(17)18/h5-7,9,11,16,27,29H,10H2,1-4H3,(H,24,26)(H,25,28). The summed E-state index contributed by atoms with van der Waals surface area (Å²) in [4.78, 5) is 20.4. The van der Waals surface area contributed by atoms with Crippen molar-refractivity contribution in [2.24, 2.45) is 0 Å². The van der Waals surface area contributed by atoms with Gasteiger partial charge in [-0.3, -0.25) is 9.78 Å². The van der Waals surface area contributed by atoms with E-state index in [1.54, 1.807) is 12.1 Å². The van der Waals surface area contributed by atoms with Crippen molar-refractivity contribution in [3.05, 3.63) is 35.5 Å². The van der Waals surface area contributed by atoms with Crippen LogP contribution in [-0.2, 0) is 0 Å². The molecule has 3 aromatic rings. The number of amides is 1. The number of H-pyrrole nitrogens is 1. The highest BCUT2D eigenvalue weighted by Crippen LogP contribution is 2.32. The number of benzene rings is 1. The van der Waals surface area contributed by atoms with E-state index >= 15 is 0 Å². The van der Waals surface area contributed by atoms with E-state index in [9.17, 15) is 14.3 Å². The molecular formula is C21H24FN5O2. The molecule has 152 valence electrons. The quantitative estimate of drug-likeness (QED) is 0.510. The summed E-state index contributed by atoms with van der Waals surface area (Å²) in [6.07, 6.45) is -0.160. The van der Waals surface area contributed by atoms with E-state index in [1.807, 2.05) is 19.9 Å². The number of aliphatic hydroxyl groups is 1. The minimum absolute atomic E-state index is 0.0264. The third-order valence-electron chi connectivity index (χ3n) is 4.63. The Kier molecular flexibility index (Phi) is 5.44. The van der Waals surface area contributed by atoms with Gasteiger partial charge in [0.15, 0.2) is 0 Å². The highest BCUT2D eigenvalue weighted by atomic mass is 19.1. The number of aromatic amines is 1. The van der Waals surface area contributed by atoms with Gasteiger partial charge in [-0.2, -0.15) is 5.26 Å². The van der Waals surface area contributed by atoms with Crippen LogP contribution in [0.5, 0.6) is 0 Å². The molecule has 0 bridgehead atoms.